The van der Waals surface area contributed by atoms with E-state index in [0.717, 1.165) is 55.2 Å². The van der Waals surface area contributed by atoms with E-state index >= 15 is 0 Å². The van der Waals surface area contributed by atoms with Crippen LogP contribution in [0.2, 0.25) is 4.34 Å². The fourth-order valence-electron chi connectivity index (χ4n) is 6.55. The fraction of sp³-hybridized carbons (Fsp3) is 0.387. The minimum absolute atomic E-state index is 0.0107. The average Bonchev–Trinajstić information content (AvgIpc) is 3.90. The number of nitrogens with zero attached hydrogens (tertiary/aromatic N) is 7. The van der Waals surface area contributed by atoms with Crippen LogP contribution in [0.5, 0.6) is 0 Å². The van der Waals surface area contributed by atoms with E-state index in [0.29, 0.717) is 30.0 Å². The Morgan fingerprint density at radius 2 is 1.92 bits per heavy atom. The Bertz CT molecular complexity index is 1920. The van der Waals surface area contributed by atoms with Crippen LogP contribution in [-0.4, -0.2) is 92.9 Å². The van der Waals surface area contributed by atoms with Crippen molar-refractivity contribution in [3.8, 4) is 0 Å². The highest BCUT2D eigenvalue weighted by atomic mass is 35.5. The predicted octanol–water partition coefficient (Wildman–Crippen LogP) is -0.317. The molecule has 0 saturated carbocycles. The molecule has 2 saturated heterocycles. The number of nitrogens with one attached hydrogen (secondary N) is 2. The zero-order valence-electron chi connectivity index (χ0n) is 26.8. The number of rotatable bonds is 11. The maximum absolute atomic E-state index is 13.3. The van der Waals surface area contributed by atoms with Crippen molar-refractivity contribution >= 4 is 75.1 Å². The monoisotopic (exact) mass is 740 g/mol. The van der Waals surface area contributed by atoms with Crippen LogP contribution in [0.15, 0.2) is 53.0 Å². The number of carbonyl (C=O) groups excluding carboxylic acids is 4. The number of aromatic nitrogens is 3. The second-order valence-electron chi connectivity index (χ2n) is 12.0. The molecule has 7 rings (SSSR count). The fourth-order valence-corrected chi connectivity index (χ4v) is 8.82. The molecule has 6 heterocycles. The summed E-state index contributed by atoms with van der Waals surface area (Å²) in [5.74, 6) is -1.68. The van der Waals surface area contributed by atoms with Crippen molar-refractivity contribution in [2.75, 3.05) is 43.1 Å². The average molecular weight is 741 g/mol. The van der Waals surface area contributed by atoms with Crippen molar-refractivity contribution in [3.05, 3.63) is 69.0 Å². The van der Waals surface area contributed by atoms with Crippen LogP contribution in [0, 0.1) is 0 Å². The Morgan fingerprint density at radius 1 is 1.16 bits per heavy atom. The number of thiazole rings is 1. The van der Waals surface area contributed by atoms with E-state index in [9.17, 15) is 24.3 Å². The van der Waals surface area contributed by atoms with Crippen LogP contribution in [0.25, 0.3) is 0 Å². The third-order valence-corrected chi connectivity index (χ3v) is 11.4. The van der Waals surface area contributed by atoms with Crippen molar-refractivity contribution in [1.82, 2.24) is 30.3 Å². The third-order valence-electron chi connectivity index (χ3n) is 8.94. The standard InChI is InChI=1S/C31H33ClN10O6S2/c1-48-37-22(21-25(32)50-31(33)35-21)27(44)34-23-28(45)42-24(30(46)47)19(16-49-29(23)42)15-40-11-8-20-38(12-13-41(20)40)14-17-4-6-18(7-5-17)26(43)36-39-9-2-3-10-39/h4-8,11,23,29H,2-3,9-10,12-16H2,1H3,(H4-,33,34,35,36,43,44,46,47)/b37-22-/t23-,29-/m1/s1. The molecule has 4 aliphatic rings. The summed E-state index contributed by atoms with van der Waals surface area (Å²) in [5.41, 5.74) is 10.4. The number of nitrogens with two attached hydrogens (primary N) is 1. The first kappa shape index (κ1) is 33.8. The molecule has 3 amide bonds. The number of amides is 3. The molecule has 262 valence electrons. The van der Waals surface area contributed by atoms with Gasteiger partial charge in [0.1, 0.15) is 28.6 Å². The Morgan fingerprint density at radius 3 is 2.60 bits per heavy atom. The first-order chi connectivity index (χ1) is 24.1. The van der Waals surface area contributed by atoms with Gasteiger partial charge in [-0.3, -0.25) is 24.7 Å². The number of hydrogen-bond acceptors (Lipinski definition) is 13. The molecule has 0 radical (unpaired) electrons. The second kappa shape index (κ2) is 13.9. The summed E-state index contributed by atoms with van der Waals surface area (Å²) in [6.07, 6.45) is 4.06. The molecule has 19 heteroatoms. The lowest BCUT2D eigenvalue weighted by Crippen LogP contribution is -2.71. The van der Waals surface area contributed by atoms with Gasteiger partial charge in [0.2, 0.25) is 0 Å². The predicted molar refractivity (Wildman–Crippen MR) is 183 cm³/mol. The van der Waals surface area contributed by atoms with E-state index in [1.54, 1.807) is 0 Å². The minimum atomic E-state index is -1.47. The Hall–Kier alpha value is -4.65. The Labute approximate surface area is 299 Å². The molecule has 0 spiro atoms. The zero-order chi connectivity index (χ0) is 35.1. The number of anilines is 2. The molecular weight excluding hydrogens is 708 g/mol. The highest BCUT2D eigenvalue weighted by Crippen LogP contribution is 2.40. The lowest BCUT2D eigenvalue weighted by Gasteiger charge is -2.50. The number of oxime groups is 1. The number of hydrogen-bond donors (Lipinski definition) is 3. The molecule has 4 aliphatic heterocycles. The molecule has 0 aliphatic carbocycles. The van der Waals surface area contributed by atoms with E-state index < -0.39 is 29.2 Å². The second-order valence-corrected chi connectivity index (χ2v) is 14.8. The lowest BCUT2D eigenvalue weighted by atomic mass is 10.0. The van der Waals surface area contributed by atoms with Gasteiger partial charge in [-0.1, -0.05) is 40.2 Å². The third kappa shape index (κ3) is 6.38. The molecule has 3 aromatic rings. The maximum Gasteiger partial charge on any atom is 0.276 e. The number of benzene rings is 1. The van der Waals surface area contributed by atoms with Crippen LogP contribution in [0.1, 0.15) is 34.5 Å². The van der Waals surface area contributed by atoms with Crippen molar-refractivity contribution in [2.45, 2.75) is 43.9 Å². The Kier molecular flexibility index (Phi) is 9.42. The Balaban J connectivity index is 1.01. The van der Waals surface area contributed by atoms with Crippen molar-refractivity contribution in [1.29, 1.82) is 0 Å². The van der Waals surface area contributed by atoms with E-state index in [2.05, 4.69) is 30.5 Å². The first-order valence-electron chi connectivity index (χ1n) is 15.8. The maximum atomic E-state index is 13.3. The molecule has 50 heavy (non-hydrogen) atoms. The summed E-state index contributed by atoms with van der Waals surface area (Å²) in [7, 11) is 1.25. The van der Waals surface area contributed by atoms with Gasteiger partial charge in [0, 0.05) is 43.1 Å². The SMILES string of the molecule is CO/N=C(\C(=O)N[C@@H]1C(=O)N2C(C(=O)[O-])=C(C[n+]3ccc4n3CCN4Cc3ccc(C(=O)NN4CCCC4)cc3)CS[C@H]12)c1nc(N)sc1Cl. The zero-order valence-corrected chi connectivity index (χ0v) is 29.2. The van der Waals surface area contributed by atoms with E-state index in [1.807, 2.05) is 46.2 Å². The van der Waals surface area contributed by atoms with Crippen LogP contribution in [0.4, 0.5) is 10.9 Å². The number of carbonyl (C=O) groups is 4. The molecule has 2 atom stereocenters. The van der Waals surface area contributed by atoms with Gasteiger partial charge in [0.15, 0.2) is 29.4 Å². The van der Waals surface area contributed by atoms with Crippen molar-refractivity contribution in [3.63, 3.8) is 0 Å². The first-order valence-corrected chi connectivity index (χ1v) is 18.1. The molecule has 16 nitrogen and oxygen atoms in total. The van der Waals surface area contributed by atoms with Gasteiger partial charge in [-0.15, -0.1) is 21.1 Å². The summed E-state index contributed by atoms with van der Waals surface area (Å²) in [6, 6.07) is 8.55. The summed E-state index contributed by atoms with van der Waals surface area (Å²) >= 11 is 8.46. The van der Waals surface area contributed by atoms with E-state index in [4.69, 9.17) is 22.2 Å². The van der Waals surface area contributed by atoms with E-state index in [-0.39, 0.29) is 39.0 Å². The van der Waals surface area contributed by atoms with Crippen LogP contribution in [0.3, 0.4) is 0 Å². The smallest absolute Gasteiger partial charge is 0.276 e. The molecule has 2 aromatic heterocycles. The number of carboxylic acid groups (broad SMARTS) is 1. The highest BCUT2D eigenvalue weighted by Gasteiger charge is 2.53. The van der Waals surface area contributed by atoms with Gasteiger partial charge >= 0.3 is 0 Å². The molecule has 4 N–H and O–H groups in total. The van der Waals surface area contributed by atoms with Crippen LogP contribution >= 0.6 is 34.7 Å². The number of halogens is 1. The normalized spacial score (nSPS) is 20.4. The number of thioether (sulfide) groups is 1. The van der Waals surface area contributed by atoms with Crippen LogP contribution < -0.4 is 31.2 Å². The lowest BCUT2D eigenvalue weighted by molar-refractivity contribution is -0.766. The quantitative estimate of drug-likeness (QED) is 0.101. The van der Waals surface area contributed by atoms with E-state index in [1.165, 1.54) is 23.8 Å². The van der Waals surface area contributed by atoms with Gasteiger partial charge in [0.25, 0.3) is 17.7 Å². The van der Waals surface area contributed by atoms with Gasteiger partial charge in [-0.25, -0.2) is 9.99 Å². The number of fused-ring (bicyclic) bond motifs is 2. The molecule has 0 unspecified atom stereocenters. The summed E-state index contributed by atoms with van der Waals surface area (Å²) in [5, 5.41) is 20.2. The van der Waals surface area contributed by atoms with Gasteiger partial charge in [-0.05, 0) is 30.5 Å². The van der Waals surface area contributed by atoms with Gasteiger partial charge in [0.05, 0.1) is 24.3 Å². The number of nitrogen functional groups attached to an aromatic ring is 1. The summed E-state index contributed by atoms with van der Waals surface area (Å²) in [6.45, 7) is 4.03. The van der Waals surface area contributed by atoms with Crippen molar-refractivity contribution < 1.29 is 33.8 Å². The molecular formula is C31H33ClN10O6S2. The summed E-state index contributed by atoms with van der Waals surface area (Å²) < 4.78 is 4.13. The number of aliphatic carboxylic acids is 1. The largest absolute Gasteiger partial charge is 0.543 e. The highest BCUT2D eigenvalue weighted by molar-refractivity contribution is 8.00. The van der Waals surface area contributed by atoms with Crippen LogP contribution in [-0.2, 0) is 38.9 Å². The van der Waals surface area contributed by atoms with Gasteiger partial charge in [-0.2, -0.15) is 0 Å². The molecule has 2 fully saturated rings. The summed E-state index contributed by atoms with van der Waals surface area (Å²) in [4.78, 5) is 63.7. The molecule has 1 aromatic carbocycles. The van der Waals surface area contributed by atoms with Crippen molar-refractivity contribution in [2.24, 2.45) is 5.16 Å². The topological polar surface area (TPSA) is 194 Å². The minimum Gasteiger partial charge on any atom is -0.543 e. The molecule has 0 bridgehead atoms. The number of β-lactam (4-membered cyclic amide) rings is 1. The number of hydrazine groups is 1. The number of carboxylic acids is 1. The van der Waals surface area contributed by atoms with Gasteiger partial charge < -0.3 is 30.7 Å².